The van der Waals surface area contributed by atoms with E-state index in [-0.39, 0.29) is 11.8 Å². The first-order chi connectivity index (χ1) is 25.1. The zero-order valence-electron chi connectivity index (χ0n) is 29.5. The summed E-state index contributed by atoms with van der Waals surface area (Å²) in [7, 11) is 0. The molecule has 0 radical (unpaired) electrons. The van der Waals surface area contributed by atoms with Gasteiger partial charge in [0, 0.05) is 82.5 Å². The molecule has 0 spiro atoms. The Hall–Kier alpha value is -4.54. The first-order valence-electron chi connectivity index (χ1n) is 18.4. The highest BCUT2D eigenvalue weighted by Crippen LogP contribution is 2.21. The molecule has 0 aliphatic carbocycles. The largest absolute Gasteiger partial charge is 0.379 e. The van der Waals surface area contributed by atoms with Crippen LogP contribution < -0.4 is 0 Å². The number of rotatable bonds is 14. The number of aromatic nitrogens is 1. The molecule has 2 amide bonds. The third kappa shape index (κ3) is 8.86. The fraction of sp³-hybridized carbons (Fsp3) is 0.381. The molecule has 7 rings (SSSR count). The first kappa shape index (κ1) is 34.9. The molecule has 2 fully saturated rings. The fourth-order valence-corrected chi connectivity index (χ4v) is 7.25. The molecule has 0 saturated carbocycles. The van der Waals surface area contributed by atoms with E-state index in [9.17, 15) is 9.59 Å². The summed E-state index contributed by atoms with van der Waals surface area (Å²) in [6.45, 7) is 10.1. The van der Waals surface area contributed by atoms with Crippen molar-refractivity contribution in [2.24, 2.45) is 0 Å². The standard InChI is InChI=1S/C42H49N5O4/c48-41(46(21-19-44-23-27-50-28-24-44)17-15-33-13-14-34-7-1-2-8-35(34)31-33)38-10-3-4-11-39(38)42(49)47(22-20-45-25-29-51-30-26-45)18-16-36-32-43-40-12-6-5-9-37(36)40/h1-14,31-32,43H,15-30H2. The number of aromatic amines is 1. The number of para-hydroxylation sites is 1. The number of nitrogens with one attached hydrogen (secondary N) is 1. The maximum Gasteiger partial charge on any atom is 0.254 e. The van der Waals surface area contributed by atoms with Crippen LogP contribution in [0.5, 0.6) is 0 Å². The van der Waals surface area contributed by atoms with Crippen LogP contribution in [0.4, 0.5) is 0 Å². The lowest BCUT2D eigenvalue weighted by molar-refractivity contribution is 0.0319. The third-order valence-corrected chi connectivity index (χ3v) is 10.4. The number of nitrogens with zero attached hydrogens (tertiary/aromatic N) is 4. The van der Waals surface area contributed by atoms with E-state index in [2.05, 4.69) is 75.6 Å². The van der Waals surface area contributed by atoms with Gasteiger partial charge in [-0.3, -0.25) is 19.4 Å². The molecular formula is C42H49N5O4. The van der Waals surface area contributed by atoms with E-state index in [0.29, 0.717) is 70.2 Å². The van der Waals surface area contributed by atoms with Crippen LogP contribution in [0.3, 0.4) is 0 Å². The second-order valence-electron chi connectivity index (χ2n) is 13.6. The van der Waals surface area contributed by atoms with Gasteiger partial charge in [-0.05, 0) is 52.9 Å². The Morgan fingerprint density at radius 2 is 1.16 bits per heavy atom. The highest BCUT2D eigenvalue weighted by molar-refractivity contribution is 6.07. The summed E-state index contributed by atoms with van der Waals surface area (Å²) < 4.78 is 11.1. The molecule has 9 nitrogen and oxygen atoms in total. The van der Waals surface area contributed by atoms with Crippen molar-refractivity contribution in [2.45, 2.75) is 12.8 Å². The molecule has 1 aromatic heterocycles. The molecule has 4 aromatic carbocycles. The summed E-state index contributed by atoms with van der Waals surface area (Å²) in [5, 5.41) is 3.58. The lowest BCUT2D eigenvalue weighted by Gasteiger charge is -2.31. The van der Waals surface area contributed by atoms with Crippen molar-refractivity contribution in [1.29, 1.82) is 0 Å². The average Bonchev–Trinajstić information content (AvgIpc) is 3.61. The molecular weight excluding hydrogens is 638 g/mol. The van der Waals surface area contributed by atoms with Gasteiger partial charge >= 0.3 is 0 Å². The van der Waals surface area contributed by atoms with Crippen LogP contribution in [0.2, 0.25) is 0 Å². The zero-order chi connectivity index (χ0) is 34.8. The molecule has 0 bridgehead atoms. The van der Waals surface area contributed by atoms with Crippen LogP contribution in [0.1, 0.15) is 31.8 Å². The Labute approximate surface area is 300 Å². The van der Waals surface area contributed by atoms with Crippen molar-refractivity contribution in [1.82, 2.24) is 24.6 Å². The summed E-state index contributed by atoms with van der Waals surface area (Å²) in [5.41, 5.74) is 4.39. The number of hydrogen-bond acceptors (Lipinski definition) is 6. The minimum atomic E-state index is -0.102. The van der Waals surface area contributed by atoms with E-state index in [1.54, 1.807) is 0 Å². The van der Waals surface area contributed by atoms with E-state index in [1.807, 2.05) is 46.2 Å². The van der Waals surface area contributed by atoms with E-state index >= 15 is 0 Å². The summed E-state index contributed by atoms with van der Waals surface area (Å²) in [6, 6.07) is 30.6. The summed E-state index contributed by atoms with van der Waals surface area (Å²) in [5.74, 6) is -0.201. The normalized spacial score (nSPS) is 15.7. The van der Waals surface area contributed by atoms with Crippen molar-refractivity contribution in [3.63, 3.8) is 0 Å². The number of carbonyl (C=O) groups is 2. The van der Waals surface area contributed by atoms with Gasteiger partial charge in [0.15, 0.2) is 0 Å². The first-order valence-corrected chi connectivity index (χ1v) is 18.4. The molecule has 2 saturated heterocycles. The number of benzene rings is 4. The van der Waals surface area contributed by atoms with Gasteiger partial charge in [0.2, 0.25) is 0 Å². The van der Waals surface area contributed by atoms with Crippen LogP contribution in [0.15, 0.2) is 97.2 Å². The quantitative estimate of drug-likeness (QED) is 0.170. The lowest BCUT2D eigenvalue weighted by atomic mass is 10.0. The second kappa shape index (κ2) is 17.1. The van der Waals surface area contributed by atoms with Crippen LogP contribution in [-0.4, -0.2) is 128 Å². The van der Waals surface area contributed by atoms with Crippen molar-refractivity contribution in [3.05, 3.63) is 119 Å². The van der Waals surface area contributed by atoms with E-state index in [4.69, 9.17) is 9.47 Å². The number of H-pyrrole nitrogens is 1. The maximum absolute atomic E-state index is 14.6. The van der Waals surface area contributed by atoms with Crippen molar-refractivity contribution in [3.8, 4) is 0 Å². The molecule has 3 heterocycles. The minimum Gasteiger partial charge on any atom is -0.379 e. The van der Waals surface area contributed by atoms with Gasteiger partial charge in [-0.25, -0.2) is 0 Å². The van der Waals surface area contributed by atoms with Crippen molar-refractivity contribution >= 4 is 33.5 Å². The smallest absolute Gasteiger partial charge is 0.254 e. The molecule has 0 atom stereocenters. The van der Waals surface area contributed by atoms with Crippen LogP contribution in [-0.2, 0) is 22.3 Å². The van der Waals surface area contributed by atoms with Gasteiger partial charge in [0.1, 0.15) is 0 Å². The Morgan fingerprint density at radius 3 is 1.80 bits per heavy atom. The Balaban J connectivity index is 1.12. The predicted octanol–water partition coefficient (Wildman–Crippen LogP) is 5.36. The Bertz CT molecular complexity index is 1910. The number of morpholine rings is 2. The van der Waals surface area contributed by atoms with E-state index < -0.39 is 0 Å². The molecule has 5 aromatic rings. The van der Waals surface area contributed by atoms with E-state index in [0.717, 1.165) is 51.2 Å². The predicted molar refractivity (Wildman–Crippen MR) is 202 cm³/mol. The van der Waals surface area contributed by atoms with E-state index in [1.165, 1.54) is 27.3 Å². The maximum atomic E-state index is 14.6. The summed E-state index contributed by atoms with van der Waals surface area (Å²) in [4.78, 5) is 41.1. The van der Waals surface area contributed by atoms with Gasteiger partial charge in [-0.1, -0.05) is 72.8 Å². The average molecular weight is 688 g/mol. The van der Waals surface area contributed by atoms with Gasteiger partial charge in [0.25, 0.3) is 11.8 Å². The minimum absolute atomic E-state index is 0.0993. The summed E-state index contributed by atoms with van der Waals surface area (Å²) in [6.07, 6.45) is 3.49. The summed E-state index contributed by atoms with van der Waals surface area (Å²) >= 11 is 0. The van der Waals surface area contributed by atoms with Gasteiger partial charge < -0.3 is 24.3 Å². The van der Waals surface area contributed by atoms with Crippen LogP contribution in [0, 0.1) is 0 Å². The highest BCUT2D eigenvalue weighted by atomic mass is 16.5. The van der Waals surface area contributed by atoms with Crippen LogP contribution in [0.25, 0.3) is 21.7 Å². The Kier molecular flexibility index (Phi) is 11.7. The molecule has 51 heavy (non-hydrogen) atoms. The molecule has 266 valence electrons. The molecule has 2 aliphatic rings. The zero-order valence-corrected chi connectivity index (χ0v) is 29.5. The van der Waals surface area contributed by atoms with Gasteiger partial charge in [-0.2, -0.15) is 0 Å². The molecule has 1 N–H and O–H groups in total. The lowest BCUT2D eigenvalue weighted by Crippen LogP contribution is -2.45. The monoisotopic (exact) mass is 687 g/mol. The fourth-order valence-electron chi connectivity index (χ4n) is 7.25. The van der Waals surface area contributed by atoms with Gasteiger partial charge in [0.05, 0.1) is 37.6 Å². The molecule has 2 aliphatic heterocycles. The third-order valence-electron chi connectivity index (χ3n) is 10.4. The number of fused-ring (bicyclic) bond motifs is 2. The SMILES string of the molecule is O=C(c1ccccc1C(=O)N(CCc1c[nH]c2ccccc12)CCN1CCOCC1)N(CCc1ccc2ccccc2c1)CCN1CCOCC1. The second-order valence-corrected chi connectivity index (χ2v) is 13.6. The molecule has 0 unspecified atom stereocenters. The number of carbonyl (C=O) groups excluding carboxylic acids is 2. The number of ether oxygens (including phenoxy) is 2. The van der Waals surface area contributed by atoms with Gasteiger partial charge in [-0.15, -0.1) is 0 Å². The number of amides is 2. The Morgan fingerprint density at radius 1 is 0.608 bits per heavy atom. The molecule has 9 heteroatoms. The topological polar surface area (TPSA) is 81.3 Å². The van der Waals surface area contributed by atoms with Crippen LogP contribution >= 0.6 is 0 Å². The van der Waals surface area contributed by atoms with Crippen molar-refractivity contribution in [2.75, 3.05) is 91.9 Å². The highest BCUT2D eigenvalue weighted by Gasteiger charge is 2.26. The van der Waals surface area contributed by atoms with Crippen molar-refractivity contribution < 1.29 is 19.1 Å². The number of hydrogen-bond donors (Lipinski definition) is 1.